The van der Waals surface area contributed by atoms with E-state index in [1.807, 2.05) is 10.3 Å². The van der Waals surface area contributed by atoms with Crippen LogP contribution in [0.15, 0.2) is 5.38 Å². The van der Waals surface area contributed by atoms with Crippen LogP contribution in [0.5, 0.6) is 0 Å². The number of halogens is 1. The van der Waals surface area contributed by atoms with Crippen molar-refractivity contribution >= 4 is 28.8 Å². The van der Waals surface area contributed by atoms with Crippen LogP contribution < -0.4 is 0 Å². The van der Waals surface area contributed by atoms with Gasteiger partial charge in [-0.15, -0.1) is 22.9 Å². The largest absolute Gasteiger partial charge is 0.393 e. The van der Waals surface area contributed by atoms with E-state index < -0.39 is 0 Å². The number of alkyl halides is 1. The minimum Gasteiger partial charge on any atom is -0.393 e. The Bertz CT molecular complexity index is 422. The van der Waals surface area contributed by atoms with Gasteiger partial charge in [-0.2, -0.15) is 0 Å². The maximum absolute atomic E-state index is 12.1. The number of amides is 1. The normalized spacial score (nSPS) is 21.3. The quantitative estimate of drug-likeness (QED) is 0.857. The van der Waals surface area contributed by atoms with Crippen molar-refractivity contribution in [2.75, 3.05) is 13.1 Å². The molecule has 1 fully saturated rings. The number of aromatic nitrogens is 1. The molecule has 0 radical (unpaired) electrons. The summed E-state index contributed by atoms with van der Waals surface area (Å²) in [6, 6.07) is 0. The highest BCUT2D eigenvalue weighted by molar-refractivity contribution is 7.09. The summed E-state index contributed by atoms with van der Waals surface area (Å²) in [5.41, 5.74) is 0.827. The zero-order valence-corrected chi connectivity index (χ0v) is 11.9. The third-order valence-electron chi connectivity index (χ3n) is 3.30. The van der Waals surface area contributed by atoms with E-state index in [-0.39, 0.29) is 17.9 Å². The first-order valence-corrected chi connectivity index (χ1v) is 7.46. The van der Waals surface area contributed by atoms with E-state index >= 15 is 0 Å². The van der Waals surface area contributed by atoms with Gasteiger partial charge in [0.25, 0.3) is 0 Å². The molecule has 2 unspecified atom stereocenters. The fourth-order valence-electron chi connectivity index (χ4n) is 2.14. The first-order valence-electron chi connectivity index (χ1n) is 6.05. The van der Waals surface area contributed by atoms with E-state index in [1.54, 1.807) is 6.92 Å². The van der Waals surface area contributed by atoms with E-state index in [0.29, 0.717) is 18.8 Å². The number of likely N-dealkylation sites (tertiary alicyclic amines) is 1. The molecule has 0 saturated carbocycles. The Morgan fingerprint density at radius 1 is 1.78 bits per heavy atom. The zero-order valence-electron chi connectivity index (χ0n) is 10.3. The van der Waals surface area contributed by atoms with Crippen LogP contribution in [0.1, 0.15) is 24.0 Å². The Balaban J connectivity index is 1.89. The highest BCUT2D eigenvalue weighted by Gasteiger charge is 2.29. The Morgan fingerprint density at radius 3 is 3.11 bits per heavy atom. The van der Waals surface area contributed by atoms with E-state index in [1.165, 1.54) is 11.3 Å². The fourth-order valence-corrected chi connectivity index (χ4v) is 3.15. The number of thiazole rings is 1. The monoisotopic (exact) mass is 288 g/mol. The van der Waals surface area contributed by atoms with Gasteiger partial charge >= 0.3 is 0 Å². The lowest BCUT2D eigenvalue weighted by atomic mass is 10.0. The van der Waals surface area contributed by atoms with Crippen LogP contribution >= 0.6 is 22.9 Å². The van der Waals surface area contributed by atoms with Crippen molar-refractivity contribution in [2.24, 2.45) is 5.92 Å². The SMILES string of the molecule is CC(O)C1CCN(C(=O)Cc2nc(CCl)cs2)C1. The predicted octanol–water partition coefficient (Wildman–Crippen LogP) is 1.65. The Hall–Kier alpha value is -0.650. The Morgan fingerprint density at radius 2 is 2.56 bits per heavy atom. The number of carbonyl (C=O) groups excluding carboxylic acids is 1. The second-order valence-electron chi connectivity index (χ2n) is 4.67. The number of aliphatic hydroxyl groups is 1. The van der Waals surface area contributed by atoms with E-state index in [0.717, 1.165) is 23.7 Å². The molecule has 1 aromatic rings. The van der Waals surface area contributed by atoms with Crippen molar-refractivity contribution in [3.8, 4) is 0 Å². The van der Waals surface area contributed by atoms with Crippen molar-refractivity contribution in [1.29, 1.82) is 0 Å². The Labute approximate surface area is 116 Å². The first-order chi connectivity index (χ1) is 8.60. The van der Waals surface area contributed by atoms with Gasteiger partial charge in [-0.1, -0.05) is 0 Å². The van der Waals surface area contributed by atoms with Gasteiger partial charge in [0.15, 0.2) is 0 Å². The Kier molecular flexibility index (Phi) is 4.59. The minimum absolute atomic E-state index is 0.0913. The molecule has 1 saturated heterocycles. The smallest absolute Gasteiger partial charge is 0.229 e. The van der Waals surface area contributed by atoms with Gasteiger partial charge in [0.05, 0.1) is 24.1 Å². The molecule has 0 spiro atoms. The number of hydrogen-bond donors (Lipinski definition) is 1. The molecule has 2 heterocycles. The lowest BCUT2D eigenvalue weighted by Crippen LogP contribution is -2.31. The summed E-state index contributed by atoms with van der Waals surface area (Å²) < 4.78 is 0. The number of carbonyl (C=O) groups is 1. The third-order valence-corrected chi connectivity index (χ3v) is 4.47. The van der Waals surface area contributed by atoms with Crippen LogP contribution in [0.3, 0.4) is 0 Å². The van der Waals surface area contributed by atoms with Crippen LogP contribution in [-0.4, -0.2) is 40.1 Å². The van der Waals surface area contributed by atoms with Crippen molar-refractivity contribution in [2.45, 2.75) is 31.7 Å². The molecular weight excluding hydrogens is 272 g/mol. The number of nitrogens with zero attached hydrogens (tertiary/aromatic N) is 2. The molecule has 18 heavy (non-hydrogen) atoms. The molecule has 0 aliphatic carbocycles. The predicted molar refractivity (Wildman–Crippen MR) is 71.7 cm³/mol. The average molecular weight is 289 g/mol. The maximum Gasteiger partial charge on any atom is 0.229 e. The lowest BCUT2D eigenvalue weighted by Gasteiger charge is -2.17. The molecule has 6 heteroatoms. The lowest BCUT2D eigenvalue weighted by molar-refractivity contribution is -0.129. The van der Waals surface area contributed by atoms with E-state index in [2.05, 4.69) is 4.98 Å². The molecule has 100 valence electrons. The third kappa shape index (κ3) is 3.22. The van der Waals surface area contributed by atoms with Crippen LogP contribution in [0.4, 0.5) is 0 Å². The maximum atomic E-state index is 12.1. The van der Waals surface area contributed by atoms with Crippen LogP contribution in [0.25, 0.3) is 0 Å². The summed E-state index contributed by atoms with van der Waals surface area (Å²) in [4.78, 5) is 18.2. The molecule has 1 aliphatic heterocycles. The second kappa shape index (κ2) is 5.99. The van der Waals surface area contributed by atoms with Crippen LogP contribution in [-0.2, 0) is 17.1 Å². The number of hydrogen-bond acceptors (Lipinski definition) is 4. The number of rotatable bonds is 4. The zero-order chi connectivity index (χ0) is 13.1. The average Bonchev–Trinajstić information content (AvgIpc) is 2.97. The molecule has 1 aromatic heterocycles. The minimum atomic E-state index is -0.342. The molecule has 1 amide bonds. The van der Waals surface area contributed by atoms with Crippen molar-refractivity contribution in [1.82, 2.24) is 9.88 Å². The molecule has 4 nitrogen and oxygen atoms in total. The van der Waals surface area contributed by atoms with E-state index in [9.17, 15) is 9.90 Å². The van der Waals surface area contributed by atoms with Crippen LogP contribution in [0.2, 0.25) is 0 Å². The molecule has 2 atom stereocenters. The molecule has 0 aromatic carbocycles. The molecule has 1 N–H and O–H groups in total. The fraction of sp³-hybridized carbons (Fsp3) is 0.667. The molecule has 1 aliphatic rings. The van der Waals surface area contributed by atoms with Gasteiger partial charge in [0, 0.05) is 24.4 Å². The summed E-state index contributed by atoms with van der Waals surface area (Å²) >= 11 is 7.15. The summed E-state index contributed by atoms with van der Waals surface area (Å²) in [5, 5.41) is 12.2. The highest BCUT2D eigenvalue weighted by Crippen LogP contribution is 2.21. The topological polar surface area (TPSA) is 53.4 Å². The summed E-state index contributed by atoms with van der Waals surface area (Å²) in [6.07, 6.45) is 0.882. The standard InChI is InChI=1S/C12H17ClN2O2S/c1-8(16)9-2-3-15(6-9)12(17)4-11-14-10(5-13)7-18-11/h7-9,16H,2-6H2,1H3. The second-order valence-corrected chi connectivity index (χ2v) is 5.88. The molecule has 2 rings (SSSR count). The van der Waals surface area contributed by atoms with Crippen molar-refractivity contribution in [3.63, 3.8) is 0 Å². The van der Waals surface area contributed by atoms with Crippen molar-refractivity contribution < 1.29 is 9.90 Å². The first kappa shape index (κ1) is 13.8. The summed E-state index contributed by atoms with van der Waals surface area (Å²) in [6.45, 7) is 3.18. The summed E-state index contributed by atoms with van der Waals surface area (Å²) in [7, 11) is 0. The van der Waals surface area contributed by atoms with Gasteiger partial charge in [-0.3, -0.25) is 4.79 Å². The van der Waals surface area contributed by atoms with E-state index in [4.69, 9.17) is 11.6 Å². The van der Waals surface area contributed by atoms with Gasteiger partial charge in [0.1, 0.15) is 5.01 Å². The van der Waals surface area contributed by atoms with Gasteiger partial charge in [-0.25, -0.2) is 4.98 Å². The van der Waals surface area contributed by atoms with Gasteiger partial charge in [-0.05, 0) is 13.3 Å². The van der Waals surface area contributed by atoms with Crippen molar-refractivity contribution in [3.05, 3.63) is 16.1 Å². The summed E-state index contributed by atoms with van der Waals surface area (Å²) in [5.74, 6) is 0.690. The van der Waals surface area contributed by atoms with Gasteiger partial charge < -0.3 is 10.0 Å². The van der Waals surface area contributed by atoms with Gasteiger partial charge in [0.2, 0.25) is 5.91 Å². The molecular formula is C12H17ClN2O2S. The molecule has 0 bridgehead atoms. The van der Waals surface area contributed by atoms with Crippen LogP contribution in [0, 0.1) is 5.92 Å². The highest BCUT2D eigenvalue weighted by atomic mass is 35.5. The number of aliphatic hydroxyl groups excluding tert-OH is 1.